The molecule has 0 radical (unpaired) electrons. The van der Waals surface area contributed by atoms with E-state index in [4.69, 9.17) is 4.74 Å². The minimum Gasteiger partial charge on any atom is -0.497 e. The molecule has 2 heterocycles. The van der Waals surface area contributed by atoms with Gasteiger partial charge in [-0.25, -0.2) is 0 Å². The number of benzene rings is 2. The molecular formula is C25H29N3O3. The molecule has 0 spiro atoms. The third-order valence-corrected chi connectivity index (χ3v) is 6.33. The number of hydrogen-bond donors (Lipinski definition) is 2. The Bertz CT molecular complexity index is 1020. The summed E-state index contributed by atoms with van der Waals surface area (Å²) < 4.78 is 5.16. The number of nitrogens with zero attached hydrogens (tertiary/aromatic N) is 1. The maximum atomic E-state index is 12.9. The number of amides is 2. The molecule has 2 aromatic carbocycles. The number of fused-ring (bicyclic) bond motifs is 1. The van der Waals surface area contributed by atoms with Crippen molar-refractivity contribution in [3.63, 3.8) is 0 Å². The van der Waals surface area contributed by atoms with Crippen molar-refractivity contribution >= 4 is 22.7 Å². The van der Waals surface area contributed by atoms with E-state index in [-0.39, 0.29) is 23.7 Å². The Morgan fingerprint density at radius 1 is 1.13 bits per heavy atom. The fourth-order valence-electron chi connectivity index (χ4n) is 4.27. The van der Waals surface area contributed by atoms with Crippen LogP contribution in [0.2, 0.25) is 0 Å². The molecule has 2 N–H and O–H groups in total. The van der Waals surface area contributed by atoms with E-state index in [1.54, 1.807) is 7.11 Å². The lowest BCUT2D eigenvalue weighted by molar-refractivity contribution is -0.126. The number of ether oxygens (including phenoxy) is 1. The van der Waals surface area contributed by atoms with Gasteiger partial charge in [-0.15, -0.1) is 0 Å². The van der Waals surface area contributed by atoms with E-state index in [0.717, 1.165) is 35.1 Å². The van der Waals surface area contributed by atoms with E-state index < -0.39 is 0 Å². The molecule has 3 aromatic rings. The average molecular weight is 420 g/mol. The summed E-state index contributed by atoms with van der Waals surface area (Å²) in [5.74, 6) is 1.10. The average Bonchev–Trinajstić information content (AvgIpc) is 3.26. The zero-order valence-electron chi connectivity index (χ0n) is 18.1. The van der Waals surface area contributed by atoms with Crippen LogP contribution in [0.5, 0.6) is 5.75 Å². The molecular weight excluding hydrogens is 390 g/mol. The van der Waals surface area contributed by atoms with E-state index in [9.17, 15) is 9.59 Å². The molecule has 2 amide bonds. The first-order chi connectivity index (χ1) is 15.0. The van der Waals surface area contributed by atoms with Crippen molar-refractivity contribution in [2.24, 2.45) is 11.8 Å². The van der Waals surface area contributed by atoms with Crippen molar-refractivity contribution in [2.45, 2.75) is 26.3 Å². The molecule has 1 unspecified atom stereocenters. The topological polar surface area (TPSA) is 74.4 Å². The molecule has 31 heavy (non-hydrogen) atoms. The van der Waals surface area contributed by atoms with Crippen LogP contribution in [0.1, 0.15) is 35.8 Å². The molecule has 1 aliphatic heterocycles. The number of aromatic nitrogens is 1. The fourth-order valence-corrected chi connectivity index (χ4v) is 4.27. The van der Waals surface area contributed by atoms with Gasteiger partial charge >= 0.3 is 0 Å². The van der Waals surface area contributed by atoms with E-state index in [1.165, 1.54) is 0 Å². The lowest BCUT2D eigenvalue weighted by Gasteiger charge is -2.34. The molecule has 1 fully saturated rings. The van der Waals surface area contributed by atoms with Crippen molar-refractivity contribution in [3.05, 3.63) is 65.9 Å². The number of methoxy groups -OCH3 is 1. The Morgan fingerprint density at radius 2 is 1.84 bits per heavy atom. The van der Waals surface area contributed by atoms with E-state index in [1.807, 2.05) is 66.4 Å². The van der Waals surface area contributed by atoms with Gasteiger partial charge in [-0.1, -0.05) is 37.3 Å². The van der Waals surface area contributed by atoms with Crippen LogP contribution >= 0.6 is 0 Å². The summed E-state index contributed by atoms with van der Waals surface area (Å²) in [5, 5.41) is 4.09. The highest BCUT2D eigenvalue weighted by atomic mass is 16.5. The molecule has 0 aliphatic carbocycles. The Kier molecular flexibility index (Phi) is 6.26. The molecule has 6 heteroatoms. The van der Waals surface area contributed by atoms with Gasteiger partial charge in [-0.2, -0.15) is 0 Å². The van der Waals surface area contributed by atoms with Crippen LogP contribution in [-0.2, 0) is 11.3 Å². The van der Waals surface area contributed by atoms with Crippen molar-refractivity contribution in [2.75, 3.05) is 20.2 Å². The summed E-state index contributed by atoms with van der Waals surface area (Å²) in [6.07, 6.45) is 1.67. The van der Waals surface area contributed by atoms with Gasteiger partial charge in [0, 0.05) is 36.5 Å². The monoisotopic (exact) mass is 419 g/mol. The highest BCUT2D eigenvalue weighted by molar-refractivity contribution is 5.98. The van der Waals surface area contributed by atoms with E-state index in [2.05, 4.69) is 10.3 Å². The SMILES string of the molecule is COc1ccc(CNC(=O)C(C)C2CCN(C(=O)c3cc4ccccc4[nH]3)CC2)cc1. The second-order valence-electron chi connectivity index (χ2n) is 8.25. The van der Waals surface area contributed by atoms with Gasteiger partial charge in [0.15, 0.2) is 0 Å². The Hall–Kier alpha value is -3.28. The molecule has 1 aliphatic rings. The van der Waals surface area contributed by atoms with Gasteiger partial charge in [0.25, 0.3) is 5.91 Å². The Labute approximate surface area is 182 Å². The first kappa shape index (κ1) is 21.0. The lowest BCUT2D eigenvalue weighted by atomic mass is 9.84. The van der Waals surface area contributed by atoms with Gasteiger partial charge in [0.05, 0.1) is 7.11 Å². The van der Waals surface area contributed by atoms with Crippen LogP contribution in [0.15, 0.2) is 54.6 Å². The van der Waals surface area contributed by atoms with Crippen LogP contribution in [0, 0.1) is 11.8 Å². The number of hydrogen-bond acceptors (Lipinski definition) is 3. The van der Waals surface area contributed by atoms with Gasteiger partial charge in [-0.3, -0.25) is 9.59 Å². The molecule has 6 nitrogen and oxygen atoms in total. The molecule has 0 saturated carbocycles. The van der Waals surface area contributed by atoms with Crippen LogP contribution in [0.4, 0.5) is 0 Å². The van der Waals surface area contributed by atoms with Crippen LogP contribution in [0.3, 0.4) is 0 Å². The van der Waals surface area contributed by atoms with Gasteiger partial charge < -0.3 is 19.9 Å². The first-order valence-electron chi connectivity index (χ1n) is 10.8. The lowest BCUT2D eigenvalue weighted by Crippen LogP contribution is -2.42. The number of nitrogens with one attached hydrogen (secondary N) is 2. The van der Waals surface area contributed by atoms with Gasteiger partial charge in [-0.05, 0) is 48.6 Å². The second kappa shape index (κ2) is 9.25. The quantitative estimate of drug-likeness (QED) is 0.635. The predicted octanol–water partition coefficient (Wildman–Crippen LogP) is 3.98. The highest BCUT2D eigenvalue weighted by Crippen LogP contribution is 2.27. The smallest absolute Gasteiger partial charge is 0.270 e. The molecule has 0 bridgehead atoms. The van der Waals surface area contributed by atoms with E-state index in [0.29, 0.717) is 25.3 Å². The van der Waals surface area contributed by atoms with Gasteiger partial charge in [0.2, 0.25) is 5.91 Å². The van der Waals surface area contributed by atoms with E-state index >= 15 is 0 Å². The predicted molar refractivity (Wildman–Crippen MR) is 121 cm³/mol. The standard InChI is InChI=1S/C25H29N3O3/c1-17(24(29)26-16-18-7-9-21(31-2)10-8-18)19-11-13-28(14-12-19)25(30)23-15-20-5-3-4-6-22(20)27-23/h3-10,15,17,19,27H,11-14,16H2,1-2H3,(H,26,29). The minimum absolute atomic E-state index is 0.0336. The van der Waals surface area contributed by atoms with Crippen LogP contribution in [0.25, 0.3) is 10.9 Å². The summed E-state index contributed by atoms with van der Waals surface area (Å²) in [5.41, 5.74) is 2.65. The normalized spacial score (nSPS) is 15.6. The Balaban J connectivity index is 1.28. The molecule has 4 rings (SSSR count). The summed E-state index contributed by atoms with van der Waals surface area (Å²) in [7, 11) is 1.64. The molecule has 1 saturated heterocycles. The fraction of sp³-hybridized carbons (Fsp3) is 0.360. The number of aromatic amines is 1. The molecule has 162 valence electrons. The number of carbonyl (C=O) groups excluding carboxylic acids is 2. The number of carbonyl (C=O) groups is 2. The summed E-state index contributed by atoms with van der Waals surface area (Å²) in [6.45, 7) is 3.85. The third-order valence-electron chi connectivity index (χ3n) is 6.33. The zero-order chi connectivity index (χ0) is 21.8. The summed E-state index contributed by atoms with van der Waals surface area (Å²) in [4.78, 5) is 30.7. The number of H-pyrrole nitrogens is 1. The number of rotatable bonds is 6. The van der Waals surface area contributed by atoms with Crippen molar-refractivity contribution < 1.29 is 14.3 Å². The third kappa shape index (κ3) is 4.74. The largest absolute Gasteiger partial charge is 0.497 e. The number of piperidine rings is 1. The second-order valence-corrected chi connectivity index (χ2v) is 8.25. The van der Waals surface area contributed by atoms with Crippen LogP contribution < -0.4 is 10.1 Å². The maximum Gasteiger partial charge on any atom is 0.270 e. The highest BCUT2D eigenvalue weighted by Gasteiger charge is 2.30. The Morgan fingerprint density at radius 3 is 2.52 bits per heavy atom. The van der Waals surface area contributed by atoms with Crippen LogP contribution in [-0.4, -0.2) is 41.9 Å². The zero-order valence-corrected chi connectivity index (χ0v) is 18.1. The summed E-state index contributed by atoms with van der Waals surface area (Å²) in [6, 6.07) is 17.5. The number of likely N-dealkylation sites (tertiary alicyclic amines) is 1. The molecule has 1 aromatic heterocycles. The maximum absolute atomic E-state index is 12.9. The van der Waals surface area contributed by atoms with Gasteiger partial charge in [0.1, 0.15) is 11.4 Å². The van der Waals surface area contributed by atoms with Crippen molar-refractivity contribution in [1.82, 2.24) is 15.2 Å². The molecule has 1 atom stereocenters. The number of para-hydroxylation sites is 1. The minimum atomic E-state index is -0.0800. The van der Waals surface area contributed by atoms with Crippen molar-refractivity contribution in [3.8, 4) is 5.75 Å². The first-order valence-corrected chi connectivity index (χ1v) is 10.8. The summed E-state index contributed by atoms with van der Waals surface area (Å²) >= 11 is 0. The van der Waals surface area contributed by atoms with Crippen molar-refractivity contribution in [1.29, 1.82) is 0 Å².